The number of likely N-dealkylation sites (tertiary alicyclic amines) is 1. The third kappa shape index (κ3) is 0.939. The Bertz CT molecular complexity index is 303. The molecule has 1 fully saturated rings. The molecule has 0 spiro atoms. The van der Waals surface area contributed by atoms with Crippen molar-refractivity contribution in [2.75, 3.05) is 18.8 Å². The van der Waals surface area contributed by atoms with Crippen LogP contribution in [0.3, 0.4) is 0 Å². The molecule has 0 aromatic carbocycles. The molecule has 5 heteroatoms. The van der Waals surface area contributed by atoms with Gasteiger partial charge in [0.25, 0.3) is 5.91 Å². The van der Waals surface area contributed by atoms with Crippen molar-refractivity contribution >= 4 is 11.8 Å². The van der Waals surface area contributed by atoms with Crippen LogP contribution in [-0.4, -0.2) is 29.1 Å². The smallest absolute Gasteiger partial charge is 0.261 e. The van der Waals surface area contributed by atoms with Gasteiger partial charge in [0.15, 0.2) is 0 Å². The van der Waals surface area contributed by atoms with Crippen molar-refractivity contribution in [2.24, 2.45) is 0 Å². The minimum Gasteiger partial charge on any atom is -0.367 e. The van der Waals surface area contributed by atoms with E-state index in [-0.39, 0.29) is 11.8 Å². The van der Waals surface area contributed by atoms with E-state index in [9.17, 15) is 4.79 Å². The molecule has 2 rings (SSSR count). The third-order valence-corrected chi connectivity index (χ3v) is 1.97. The van der Waals surface area contributed by atoms with E-state index in [1.54, 1.807) is 4.90 Å². The summed E-state index contributed by atoms with van der Waals surface area (Å²) in [5.74, 6) is 0.0203. The summed E-state index contributed by atoms with van der Waals surface area (Å²) in [6, 6.07) is 0. The lowest BCUT2D eigenvalue weighted by Crippen LogP contribution is -2.42. The molecular formula is C7H9N3O2. The Morgan fingerprint density at radius 1 is 1.67 bits per heavy atom. The average molecular weight is 167 g/mol. The quantitative estimate of drug-likeness (QED) is 0.644. The molecule has 12 heavy (non-hydrogen) atoms. The molecule has 2 heterocycles. The van der Waals surface area contributed by atoms with Crippen molar-refractivity contribution < 1.29 is 9.32 Å². The summed E-state index contributed by atoms with van der Waals surface area (Å²) in [7, 11) is 0. The van der Waals surface area contributed by atoms with Gasteiger partial charge in [0.05, 0.1) is 6.20 Å². The zero-order valence-corrected chi connectivity index (χ0v) is 6.49. The normalized spacial score (nSPS) is 15.8. The Hall–Kier alpha value is -1.52. The molecule has 0 aliphatic carbocycles. The summed E-state index contributed by atoms with van der Waals surface area (Å²) < 4.78 is 4.58. The first-order valence-corrected chi connectivity index (χ1v) is 3.78. The minimum atomic E-state index is -0.0833. The molecule has 1 aliphatic heterocycles. The maximum absolute atomic E-state index is 11.5. The molecule has 1 aliphatic rings. The fourth-order valence-corrected chi connectivity index (χ4v) is 1.10. The fourth-order valence-electron chi connectivity index (χ4n) is 1.10. The standard InChI is InChI=1S/C7H9N3O2/c8-6-5(4-9-12-6)7(11)10-2-1-3-10/h4H,1-3,8H2. The van der Waals surface area contributed by atoms with Crippen LogP contribution in [0.15, 0.2) is 10.7 Å². The van der Waals surface area contributed by atoms with E-state index < -0.39 is 0 Å². The average Bonchev–Trinajstić information content (AvgIpc) is 2.31. The largest absolute Gasteiger partial charge is 0.367 e. The van der Waals surface area contributed by atoms with Gasteiger partial charge in [-0.15, -0.1) is 0 Å². The highest BCUT2D eigenvalue weighted by Gasteiger charge is 2.24. The first-order chi connectivity index (χ1) is 5.79. The van der Waals surface area contributed by atoms with Crippen molar-refractivity contribution in [3.05, 3.63) is 11.8 Å². The van der Waals surface area contributed by atoms with Crippen molar-refractivity contribution in [3.63, 3.8) is 0 Å². The van der Waals surface area contributed by atoms with Gasteiger partial charge in [0, 0.05) is 13.1 Å². The Kier molecular flexibility index (Phi) is 1.49. The second-order valence-electron chi connectivity index (χ2n) is 2.75. The van der Waals surface area contributed by atoms with Gasteiger partial charge < -0.3 is 15.2 Å². The van der Waals surface area contributed by atoms with Crippen LogP contribution in [0.2, 0.25) is 0 Å². The highest BCUT2D eigenvalue weighted by atomic mass is 16.5. The van der Waals surface area contributed by atoms with Crippen LogP contribution >= 0.6 is 0 Å². The molecule has 1 aromatic rings. The lowest BCUT2D eigenvalue weighted by molar-refractivity contribution is 0.0652. The van der Waals surface area contributed by atoms with Crippen molar-refractivity contribution in [1.29, 1.82) is 0 Å². The predicted octanol–water partition coefficient (Wildman–Crippen LogP) is 0.103. The topological polar surface area (TPSA) is 72.4 Å². The number of anilines is 1. The molecular weight excluding hydrogens is 158 g/mol. The number of hydrogen-bond donors (Lipinski definition) is 1. The molecule has 0 bridgehead atoms. The number of hydrogen-bond acceptors (Lipinski definition) is 4. The summed E-state index contributed by atoms with van der Waals surface area (Å²) >= 11 is 0. The van der Waals surface area contributed by atoms with Gasteiger partial charge in [-0.3, -0.25) is 4.79 Å². The van der Waals surface area contributed by atoms with Gasteiger partial charge in [-0.05, 0) is 6.42 Å². The highest BCUT2D eigenvalue weighted by molar-refractivity contribution is 5.98. The molecule has 1 amide bonds. The molecule has 1 saturated heterocycles. The number of aromatic nitrogens is 1. The predicted molar refractivity (Wildman–Crippen MR) is 41.4 cm³/mol. The van der Waals surface area contributed by atoms with Gasteiger partial charge in [-0.1, -0.05) is 5.16 Å². The van der Waals surface area contributed by atoms with Crippen LogP contribution in [0.5, 0.6) is 0 Å². The number of rotatable bonds is 1. The van der Waals surface area contributed by atoms with E-state index in [1.165, 1.54) is 6.20 Å². The van der Waals surface area contributed by atoms with Crippen LogP contribution < -0.4 is 5.73 Å². The molecule has 0 radical (unpaired) electrons. The Labute approximate surface area is 69.1 Å². The monoisotopic (exact) mass is 167 g/mol. The van der Waals surface area contributed by atoms with Crippen LogP contribution in [-0.2, 0) is 0 Å². The maximum atomic E-state index is 11.5. The van der Waals surface area contributed by atoms with E-state index >= 15 is 0 Å². The van der Waals surface area contributed by atoms with E-state index in [4.69, 9.17) is 5.73 Å². The van der Waals surface area contributed by atoms with Gasteiger partial charge in [-0.25, -0.2) is 0 Å². The summed E-state index contributed by atoms with van der Waals surface area (Å²) in [4.78, 5) is 13.2. The second kappa shape index (κ2) is 2.51. The molecule has 0 atom stereocenters. The van der Waals surface area contributed by atoms with Crippen LogP contribution in [0.25, 0.3) is 0 Å². The Morgan fingerprint density at radius 3 is 2.83 bits per heavy atom. The van der Waals surface area contributed by atoms with Crippen LogP contribution in [0.4, 0.5) is 5.88 Å². The zero-order valence-electron chi connectivity index (χ0n) is 6.49. The number of carbonyl (C=O) groups excluding carboxylic acids is 1. The van der Waals surface area contributed by atoms with Crippen LogP contribution in [0, 0.1) is 0 Å². The summed E-state index contributed by atoms with van der Waals surface area (Å²) in [6.45, 7) is 1.62. The van der Waals surface area contributed by atoms with Crippen LogP contribution in [0.1, 0.15) is 16.8 Å². The molecule has 64 valence electrons. The molecule has 2 N–H and O–H groups in total. The lowest BCUT2D eigenvalue weighted by Gasteiger charge is -2.30. The SMILES string of the molecule is Nc1oncc1C(=O)N1CCC1. The maximum Gasteiger partial charge on any atom is 0.261 e. The van der Waals surface area contributed by atoms with Crippen molar-refractivity contribution in [3.8, 4) is 0 Å². The van der Waals surface area contributed by atoms with Crippen molar-refractivity contribution in [2.45, 2.75) is 6.42 Å². The van der Waals surface area contributed by atoms with Gasteiger partial charge in [0.2, 0.25) is 5.88 Å². The van der Waals surface area contributed by atoms with Gasteiger partial charge in [-0.2, -0.15) is 0 Å². The lowest BCUT2D eigenvalue weighted by atomic mass is 10.2. The molecule has 0 unspecified atom stereocenters. The van der Waals surface area contributed by atoms with E-state index in [2.05, 4.69) is 9.68 Å². The number of amides is 1. The molecule has 0 saturated carbocycles. The van der Waals surface area contributed by atoms with Gasteiger partial charge in [0.1, 0.15) is 5.56 Å². The number of nitrogen functional groups attached to an aromatic ring is 1. The van der Waals surface area contributed by atoms with Gasteiger partial charge >= 0.3 is 0 Å². The highest BCUT2D eigenvalue weighted by Crippen LogP contribution is 2.16. The first-order valence-electron chi connectivity index (χ1n) is 3.78. The Balaban J connectivity index is 2.19. The molecule has 5 nitrogen and oxygen atoms in total. The number of nitrogens with zero attached hydrogens (tertiary/aromatic N) is 2. The van der Waals surface area contributed by atoms with E-state index in [0.29, 0.717) is 5.56 Å². The summed E-state index contributed by atoms with van der Waals surface area (Å²) in [6.07, 6.45) is 2.42. The van der Waals surface area contributed by atoms with Crippen molar-refractivity contribution in [1.82, 2.24) is 10.1 Å². The zero-order chi connectivity index (χ0) is 8.55. The second-order valence-corrected chi connectivity index (χ2v) is 2.75. The summed E-state index contributed by atoms with van der Waals surface area (Å²) in [5.41, 5.74) is 5.75. The minimum absolute atomic E-state index is 0.0833. The number of nitrogens with two attached hydrogens (primary N) is 1. The Morgan fingerprint density at radius 2 is 2.42 bits per heavy atom. The first kappa shape index (κ1) is 7.15. The summed E-state index contributed by atoms with van der Waals surface area (Å²) in [5, 5.41) is 3.44. The molecule has 1 aromatic heterocycles. The number of carbonyl (C=O) groups is 1. The van der Waals surface area contributed by atoms with E-state index in [1.807, 2.05) is 0 Å². The van der Waals surface area contributed by atoms with E-state index in [0.717, 1.165) is 19.5 Å². The third-order valence-electron chi connectivity index (χ3n) is 1.97. The fraction of sp³-hybridized carbons (Fsp3) is 0.429.